The monoisotopic (exact) mass is 256 g/mol. The van der Waals surface area contributed by atoms with Crippen molar-refractivity contribution in [1.82, 2.24) is 9.55 Å². The predicted octanol–water partition coefficient (Wildman–Crippen LogP) is 2.51. The van der Waals surface area contributed by atoms with Crippen molar-refractivity contribution in [2.75, 3.05) is 0 Å². The molecule has 0 saturated heterocycles. The van der Waals surface area contributed by atoms with Gasteiger partial charge in [-0.25, -0.2) is 4.98 Å². The fourth-order valence-electron chi connectivity index (χ4n) is 2.71. The first-order valence-electron chi connectivity index (χ1n) is 6.50. The maximum Gasteiger partial charge on any atom is 0.306 e. The molecule has 1 aromatic heterocycles. The highest BCUT2D eigenvalue weighted by Crippen LogP contribution is 2.28. The molecule has 4 nitrogen and oxygen atoms in total. The van der Waals surface area contributed by atoms with Crippen LogP contribution in [0.2, 0.25) is 0 Å². The van der Waals surface area contributed by atoms with Gasteiger partial charge in [-0.1, -0.05) is 24.3 Å². The van der Waals surface area contributed by atoms with Crippen LogP contribution in [0.5, 0.6) is 0 Å². The first-order chi connectivity index (χ1) is 9.16. The van der Waals surface area contributed by atoms with E-state index in [0.717, 1.165) is 23.6 Å². The number of hydrogen-bond acceptors (Lipinski definition) is 2. The lowest BCUT2D eigenvalue weighted by Gasteiger charge is -2.22. The fraction of sp³-hybridized carbons (Fsp3) is 0.333. The van der Waals surface area contributed by atoms with Gasteiger partial charge in [-0.2, -0.15) is 0 Å². The number of aliphatic carboxylic acids is 1. The molecule has 1 aliphatic heterocycles. The van der Waals surface area contributed by atoms with Crippen LogP contribution >= 0.6 is 0 Å². The minimum absolute atomic E-state index is 0.270. The molecule has 0 bridgehead atoms. The molecule has 0 aliphatic carbocycles. The van der Waals surface area contributed by atoms with Crippen LogP contribution in [0.15, 0.2) is 30.5 Å². The summed E-state index contributed by atoms with van der Waals surface area (Å²) < 4.78 is 2.15. The van der Waals surface area contributed by atoms with Gasteiger partial charge in [0.05, 0.1) is 5.92 Å². The summed E-state index contributed by atoms with van der Waals surface area (Å²) in [5.74, 6) is -0.0178. The molecule has 2 aromatic rings. The van der Waals surface area contributed by atoms with Crippen molar-refractivity contribution in [2.45, 2.75) is 26.3 Å². The summed E-state index contributed by atoms with van der Waals surface area (Å²) in [7, 11) is 0. The zero-order valence-corrected chi connectivity index (χ0v) is 10.8. The number of carboxylic acids is 1. The number of nitrogens with zero attached hydrogens (tertiary/aromatic N) is 2. The van der Waals surface area contributed by atoms with Gasteiger partial charge in [0, 0.05) is 30.4 Å². The average Bonchev–Trinajstić information content (AvgIpc) is 2.82. The lowest BCUT2D eigenvalue weighted by molar-refractivity contribution is -0.142. The Morgan fingerprint density at radius 3 is 2.95 bits per heavy atom. The second-order valence-corrected chi connectivity index (χ2v) is 5.07. The molecular weight excluding hydrogens is 240 g/mol. The van der Waals surface area contributed by atoms with Crippen molar-refractivity contribution in [3.63, 3.8) is 0 Å². The Hall–Kier alpha value is -2.10. The van der Waals surface area contributed by atoms with Crippen molar-refractivity contribution in [1.29, 1.82) is 0 Å². The van der Waals surface area contributed by atoms with E-state index < -0.39 is 5.97 Å². The predicted molar refractivity (Wildman–Crippen MR) is 71.8 cm³/mol. The van der Waals surface area contributed by atoms with Crippen molar-refractivity contribution >= 4 is 5.97 Å². The average molecular weight is 256 g/mol. The van der Waals surface area contributed by atoms with Crippen LogP contribution in [0.4, 0.5) is 0 Å². The molecule has 0 fully saturated rings. The highest BCUT2D eigenvalue weighted by Gasteiger charge is 2.26. The number of aromatic nitrogens is 2. The van der Waals surface area contributed by atoms with Gasteiger partial charge in [0.2, 0.25) is 0 Å². The molecule has 0 radical (unpaired) electrons. The number of carbonyl (C=O) groups is 1. The lowest BCUT2D eigenvalue weighted by Crippen LogP contribution is -2.25. The molecule has 1 aliphatic rings. The maximum atomic E-state index is 11.1. The number of carboxylic acid groups (broad SMARTS) is 1. The van der Waals surface area contributed by atoms with E-state index in [1.165, 1.54) is 5.56 Å². The summed E-state index contributed by atoms with van der Waals surface area (Å²) >= 11 is 0. The SMILES string of the molecule is Cc1ccccc1-c1ncc2n1CCC(C(=O)O)C2. The lowest BCUT2D eigenvalue weighted by atomic mass is 9.96. The van der Waals surface area contributed by atoms with Crippen LogP contribution in [0.1, 0.15) is 17.7 Å². The zero-order chi connectivity index (χ0) is 13.4. The van der Waals surface area contributed by atoms with Crippen LogP contribution in [0.25, 0.3) is 11.4 Å². The van der Waals surface area contributed by atoms with E-state index in [2.05, 4.69) is 28.6 Å². The number of benzene rings is 1. The number of aryl methyl sites for hydroxylation is 1. The number of fused-ring (bicyclic) bond motifs is 1. The van der Waals surface area contributed by atoms with E-state index in [9.17, 15) is 4.79 Å². The van der Waals surface area contributed by atoms with Crippen LogP contribution in [0.3, 0.4) is 0 Å². The Morgan fingerprint density at radius 2 is 2.21 bits per heavy atom. The Kier molecular flexibility index (Phi) is 2.85. The summed E-state index contributed by atoms with van der Waals surface area (Å²) in [6, 6.07) is 8.15. The van der Waals surface area contributed by atoms with E-state index in [1.807, 2.05) is 18.3 Å². The molecule has 4 heteroatoms. The first-order valence-corrected chi connectivity index (χ1v) is 6.50. The summed E-state index contributed by atoms with van der Waals surface area (Å²) in [5, 5.41) is 9.10. The molecule has 0 amide bonds. The summed E-state index contributed by atoms with van der Waals surface area (Å²) in [5.41, 5.74) is 3.34. The molecule has 2 heterocycles. The van der Waals surface area contributed by atoms with Gasteiger partial charge in [0.1, 0.15) is 5.82 Å². The van der Waals surface area contributed by atoms with Gasteiger partial charge in [0.25, 0.3) is 0 Å². The highest BCUT2D eigenvalue weighted by molar-refractivity contribution is 5.70. The van der Waals surface area contributed by atoms with Gasteiger partial charge in [-0.3, -0.25) is 4.79 Å². The quantitative estimate of drug-likeness (QED) is 0.898. The van der Waals surface area contributed by atoms with Gasteiger partial charge in [-0.05, 0) is 18.9 Å². The third-order valence-corrected chi connectivity index (χ3v) is 3.83. The summed E-state index contributed by atoms with van der Waals surface area (Å²) in [4.78, 5) is 15.6. The van der Waals surface area contributed by atoms with Crippen molar-refractivity contribution < 1.29 is 9.90 Å². The molecule has 1 atom stereocenters. The number of rotatable bonds is 2. The number of hydrogen-bond donors (Lipinski definition) is 1. The van der Waals surface area contributed by atoms with Gasteiger partial charge < -0.3 is 9.67 Å². The summed E-state index contributed by atoms with van der Waals surface area (Å²) in [6.07, 6.45) is 3.07. The Bertz CT molecular complexity index is 631. The van der Waals surface area contributed by atoms with Gasteiger partial charge in [0.15, 0.2) is 0 Å². The third-order valence-electron chi connectivity index (χ3n) is 3.83. The normalized spacial score (nSPS) is 18.1. The molecule has 98 valence electrons. The van der Waals surface area contributed by atoms with Crippen LogP contribution in [0, 0.1) is 12.8 Å². The second-order valence-electron chi connectivity index (χ2n) is 5.07. The molecule has 19 heavy (non-hydrogen) atoms. The molecule has 0 spiro atoms. The molecule has 0 saturated carbocycles. The van der Waals surface area contributed by atoms with Gasteiger partial charge in [-0.15, -0.1) is 0 Å². The van der Waals surface area contributed by atoms with Crippen LogP contribution in [-0.4, -0.2) is 20.6 Å². The zero-order valence-electron chi connectivity index (χ0n) is 10.8. The Morgan fingerprint density at radius 1 is 1.42 bits per heavy atom. The summed E-state index contributed by atoms with van der Waals surface area (Å²) in [6.45, 7) is 2.80. The third kappa shape index (κ3) is 2.03. The van der Waals surface area contributed by atoms with E-state index >= 15 is 0 Å². The molecule has 1 unspecified atom stereocenters. The minimum Gasteiger partial charge on any atom is -0.481 e. The smallest absolute Gasteiger partial charge is 0.306 e. The van der Waals surface area contributed by atoms with Crippen LogP contribution in [-0.2, 0) is 17.8 Å². The van der Waals surface area contributed by atoms with E-state index in [1.54, 1.807) is 0 Å². The van der Waals surface area contributed by atoms with Gasteiger partial charge >= 0.3 is 5.97 Å². The largest absolute Gasteiger partial charge is 0.481 e. The second kappa shape index (κ2) is 4.53. The number of imidazole rings is 1. The first kappa shape index (κ1) is 12.0. The molecule has 1 aromatic carbocycles. The molecule has 1 N–H and O–H groups in total. The van der Waals surface area contributed by atoms with E-state index in [0.29, 0.717) is 12.8 Å². The molecule has 3 rings (SSSR count). The van der Waals surface area contributed by atoms with Crippen molar-refractivity contribution in [3.8, 4) is 11.4 Å². The Labute approximate surface area is 111 Å². The highest BCUT2D eigenvalue weighted by atomic mass is 16.4. The van der Waals surface area contributed by atoms with E-state index in [4.69, 9.17) is 5.11 Å². The standard InChI is InChI=1S/C15H16N2O2/c1-10-4-2-3-5-13(10)14-16-9-12-8-11(15(18)19)6-7-17(12)14/h2-5,9,11H,6-8H2,1H3,(H,18,19). The Balaban J connectivity index is 2.00. The van der Waals surface area contributed by atoms with E-state index in [-0.39, 0.29) is 5.92 Å². The van der Waals surface area contributed by atoms with Crippen LogP contribution < -0.4 is 0 Å². The topological polar surface area (TPSA) is 55.1 Å². The minimum atomic E-state index is -0.704. The van der Waals surface area contributed by atoms with Crippen molar-refractivity contribution in [3.05, 3.63) is 41.7 Å². The maximum absolute atomic E-state index is 11.1. The fourth-order valence-corrected chi connectivity index (χ4v) is 2.71. The molecular formula is C15H16N2O2. The van der Waals surface area contributed by atoms with Crippen molar-refractivity contribution in [2.24, 2.45) is 5.92 Å².